The predicted octanol–water partition coefficient (Wildman–Crippen LogP) is 5.21. The van der Waals surface area contributed by atoms with Crippen molar-refractivity contribution in [2.75, 3.05) is 0 Å². The number of aromatic nitrogens is 4. The van der Waals surface area contributed by atoms with Gasteiger partial charge >= 0.3 is 10.2 Å². The van der Waals surface area contributed by atoms with Crippen molar-refractivity contribution in [2.24, 2.45) is 0 Å². The largest absolute Gasteiger partial charge is 0.311 e. The molecule has 2 heterocycles. The van der Waals surface area contributed by atoms with Crippen LogP contribution in [-0.2, 0) is 0 Å². The number of hydrogen-bond acceptors (Lipinski definition) is 3. The van der Waals surface area contributed by atoms with Crippen molar-refractivity contribution in [3.63, 3.8) is 0 Å². The number of aryl methyl sites for hydroxylation is 1. The van der Waals surface area contributed by atoms with Gasteiger partial charge in [-0.05, 0) is 31.5 Å². The molecule has 146 valence electrons. The molecular weight excluding hydrogens is 391 g/mol. The van der Waals surface area contributed by atoms with Gasteiger partial charge in [-0.2, -0.15) is 5.10 Å². The first-order valence-electron chi connectivity index (χ1n) is 7.69. The number of aromatic amines is 1. The van der Waals surface area contributed by atoms with E-state index in [1.54, 1.807) is 20.0 Å². The molecule has 0 amide bonds. The van der Waals surface area contributed by atoms with Crippen LogP contribution in [0.25, 0.3) is 11.3 Å². The maximum atomic E-state index is 12.8. The Morgan fingerprint density at radius 1 is 1.11 bits per heavy atom. The molecule has 0 fully saturated rings. The van der Waals surface area contributed by atoms with Gasteiger partial charge in [-0.25, -0.2) is 4.98 Å². The highest BCUT2D eigenvalue weighted by Crippen LogP contribution is 3.02. The summed E-state index contributed by atoms with van der Waals surface area (Å²) in [6.07, 6.45) is 3.03. The Kier molecular flexibility index (Phi) is 3.82. The standard InChI is InChI=1S/C16H15F5N4OS/c1-10(12-3-5-14(6-4-12)27(17,18,19,20)21)25-9-13(8-22-25)15-7-16(26)24-11(2)23-15/h3-10H,1-2H3,(H,23,24,26)/t10-/m1/s1. The highest BCUT2D eigenvalue weighted by Gasteiger charge is 2.65. The molecule has 1 aromatic carbocycles. The van der Waals surface area contributed by atoms with Gasteiger partial charge in [0.25, 0.3) is 5.56 Å². The monoisotopic (exact) mass is 406 g/mol. The second-order valence-electron chi connectivity index (χ2n) is 6.14. The van der Waals surface area contributed by atoms with Gasteiger partial charge in [0.15, 0.2) is 0 Å². The van der Waals surface area contributed by atoms with E-state index in [2.05, 4.69) is 15.1 Å². The highest BCUT2D eigenvalue weighted by molar-refractivity contribution is 8.45. The average Bonchev–Trinajstić information content (AvgIpc) is 3.01. The van der Waals surface area contributed by atoms with E-state index in [1.807, 2.05) is 0 Å². The zero-order valence-electron chi connectivity index (χ0n) is 14.2. The molecule has 0 saturated carbocycles. The minimum absolute atomic E-state index is 0.329. The van der Waals surface area contributed by atoms with E-state index in [0.717, 1.165) is 12.1 Å². The lowest BCUT2D eigenvalue weighted by molar-refractivity contribution is 0.364. The van der Waals surface area contributed by atoms with Gasteiger partial charge in [0.2, 0.25) is 0 Å². The quantitative estimate of drug-likeness (QED) is 0.605. The Bertz CT molecular complexity index is 1060. The zero-order chi connectivity index (χ0) is 20.1. The minimum atomic E-state index is -9.69. The second-order valence-corrected chi connectivity index (χ2v) is 8.55. The number of hydrogen-bond donors (Lipinski definition) is 1. The summed E-state index contributed by atoms with van der Waals surface area (Å²) in [5, 5.41) is 4.13. The van der Waals surface area contributed by atoms with Crippen molar-refractivity contribution in [1.82, 2.24) is 19.7 Å². The molecule has 0 spiro atoms. The van der Waals surface area contributed by atoms with Crippen LogP contribution in [0.4, 0.5) is 19.4 Å². The molecule has 0 bridgehead atoms. The minimum Gasteiger partial charge on any atom is -0.311 e. The normalized spacial score (nSPS) is 15.8. The molecule has 11 heteroatoms. The van der Waals surface area contributed by atoms with Gasteiger partial charge in [-0.1, -0.05) is 31.6 Å². The van der Waals surface area contributed by atoms with Crippen molar-refractivity contribution in [3.8, 4) is 11.3 Å². The number of benzene rings is 1. The van der Waals surface area contributed by atoms with Crippen LogP contribution < -0.4 is 5.56 Å². The molecule has 27 heavy (non-hydrogen) atoms. The molecule has 1 N–H and O–H groups in total. The van der Waals surface area contributed by atoms with Crippen LogP contribution in [0.15, 0.2) is 52.4 Å². The number of nitrogens with one attached hydrogen (secondary N) is 1. The molecule has 5 nitrogen and oxygen atoms in total. The molecule has 3 aromatic rings. The lowest BCUT2D eigenvalue weighted by Crippen LogP contribution is -2.09. The molecule has 0 radical (unpaired) electrons. The van der Waals surface area contributed by atoms with Crippen molar-refractivity contribution in [2.45, 2.75) is 24.8 Å². The number of rotatable bonds is 4. The van der Waals surface area contributed by atoms with E-state index in [9.17, 15) is 24.2 Å². The molecule has 0 aliphatic rings. The SMILES string of the molecule is Cc1nc(-c2cnn([C@H](C)c3ccc(S(F)(F)(F)(F)F)cc3)c2)cc(=O)[nH]1. The Hall–Kier alpha value is -2.69. The Morgan fingerprint density at radius 2 is 1.74 bits per heavy atom. The van der Waals surface area contributed by atoms with Crippen LogP contribution >= 0.6 is 10.2 Å². The van der Waals surface area contributed by atoms with Gasteiger partial charge < -0.3 is 4.98 Å². The van der Waals surface area contributed by atoms with E-state index in [0.29, 0.717) is 34.8 Å². The third-order valence-electron chi connectivity index (χ3n) is 3.96. The molecule has 0 aliphatic carbocycles. The molecule has 3 rings (SSSR count). The number of H-pyrrole nitrogens is 1. The number of nitrogens with zero attached hydrogens (tertiary/aromatic N) is 3. The second kappa shape index (κ2) is 5.41. The molecule has 1 atom stereocenters. The Morgan fingerprint density at radius 3 is 2.30 bits per heavy atom. The van der Waals surface area contributed by atoms with Gasteiger partial charge in [-0.3, -0.25) is 9.48 Å². The maximum Gasteiger partial charge on any atom is 0.310 e. The smallest absolute Gasteiger partial charge is 0.310 e. The van der Waals surface area contributed by atoms with Gasteiger partial charge in [0, 0.05) is 17.8 Å². The van der Waals surface area contributed by atoms with Gasteiger partial charge in [-0.15, -0.1) is 0 Å². The van der Waals surface area contributed by atoms with E-state index >= 15 is 0 Å². The Balaban J connectivity index is 1.90. The first kappa shape index (κ1) is 19.1. The van der Waals surface area contributed by atoms with Crippen LogP contribution in [-0.4, -0.2) is 19.7 Å². The van der Waals surface area contributed by atoms with Crippen LogP contribution in [0, 0.1) is 6.92 Å². The first-order valence-corrected chi connectivity index (χ1v) is 9.64. The summed E-state index contributed by atoms with van der Waals surface area (Å²) in [7, 11) is -9.69. The Labute approximate surface area is 150 Å². The molecular formula is C16H15F5N4OS. The van der Waals surface area contributed by atoms with Gasteiger partial charge in [0.1, 0.15) is 10.7 Å². The van der Waals surface area contributed by atoms with E-state index < -0.39 is 21.2 Å². The van der Waals surface area contributed by atoms with Crippen molar-refractivity contribution in [3.05, 3.63) is 64.5 Å². The molecule has 0 aliphatic heterocycles. The highest BCUT2D eigenvalue weighted by atomic mass is 32.5. The average molecular weight is 406 g/mol. The van der Waals surface area contributed by atoms with Crippen molar-refractivity contribution in [1.29, 1.82) is 0 Å². The summed E-state index contributed by atoms with van der Waals surface area (Å²) in [4.78, 5) is 16.3. The molecule has 2 aromatic heterocycles. The van der Waals surface area contributed by atoms with E-state index in [1.165, 1.54) is 16.9 Å². The molecule has 0 saturated heterocycles. The first-order chi connectivity index (χ1) is 12.2. The fraction of sp³-hybridized carbons (Fsp3) is 0.188. The van der Waals surface area contributed by atoms with Crippen LogP contribution in [0.1, 0.15) is 24.4 Å². The summed E-state index contributed by atoms with van der Waals surface area (Å²) in [6, 6.07) is 3.51. The topological polar surface area (TPSA) is 63.6 Å². The summed E-state index contributed by atoms with van der Waals surface area (Å²) < 4.78 is 65.5. The fourth-order valence-electron chi connectivity index (χ4n) is 2.57. The summed E-state index contributed by atoms with van der Waals surface area (Å²) in [6.45, 7) is 3.28. The summed E-state index contributed by atoms with van der Waals surface area (Å²) in [5.74, 6) is 0.421. The van der Waals surface area contributed by atoms with Crippen molar-refractivity contribution >= 4 is 10.2 Å². The summed E-state index contributed by atoms with van der Waals surface area (Å²) in [5.41, 5.74) is 0.973. The maximum absolute atomic E-state index is 12.8. The third-order valence-corrected chi connectivity index (χ3v) is 5.13. The number of halogens is 5. The van der Waals surface area contributed by atoms with Crippen LogP contribution in [0.3, 0.4) is 0 Å². The van der Waals surface area contributed by atoms with Crippen LogP contribution in [0.5, 0.6) is 0 Å². The van der Waals surface area contributed by atoms with Crippen LogP contribution in [0.2, 0.25) is 0 Å². The zero-order valence-corrected chi connectivity index (χ0v) is 15.0. The lowest BCUT2D eigenvalue weighted by Gasteiger charge is -2.40. The predicted molar refractivity (Wildman–Crippen MR) is 92.5 cm³/mol. The molecule has 0 unspecified atom stereocenters. The summed E-state index contributed by atoms with van der Waals surface area (Å²) >= 11 is 0. The van der Waals surface area contributed by atoms with E-state index in [-0.39, 0.29) is 5.56 Å². The van der Waals surface area contributed by atoms with Gasteiger partial charge in [0.05, 0.1) is 17.9 Å². The lowest BCUT2D eigenvalue weighted by atomic mass is 10.1. The fourth-order valence-corrected chi connectivity index (χ4v) is 3.22. The van der Waals surface area contributed by atoms with E-state index in [4.69, 9.17) is 0 Å². The van der Waals surface area contributed by atoms with Crippen molar-refractivity contribution < 1.29 is 19.4 Å². The third kappa shape index (κ3) is 4.18.